The van der Waals surface area contributed by atoms with Crippen molar-refractivity contribution < 1.29 is 14.6 Å². The normalized spacial score (nSPS) is 15.8. The van der Waals surface area contributed by atoms with Crippen LogP contribution < -0.4 is 4.74 Å². The Balaban J connectivity index is 1.19. The van der Waals surface area contributed by atoms with Gasteiger partial charge in [0, 0.05) is 39.7 Å². The summed E-state index contributed by atoms with van der Waals surface area (Å²) in [6.07, 6.45) is 13.8. The van der Waals surface area contributed by atoms with Gasteiger partial charge in [-0.15, -0.1) is 0 Å². The van der Waals surface area contributed by atoms with Crippen molar-refractivity contribution in [3.63, 3.8) is 0 Å². The SMILES string of the molecule is COc1ccc(C2CCCCC2)c(-c2ccc3cc(-c4nc5c(-c6ccc7ncccc7c6)c(C(=O)O)ccc5n4C4CCCCC4)ccc3n2)c1. The van der Waals surface area contributed by atoms with Crippen LogP contribution in [-0.4, -0.2) is 37.7 Å². The number of carbonyl (C=O) groups is 1. The van der Waals surface area contributed by atoms with Gasteiger partial charge in [0.25, 0.3) is 0 Å². The molecule has 4 aromatic carbocycles. The Morgan fingerprint density at radius 1 is 0.750 bits per heavy atom. The van der Waals surface area contributed by atoms with Crippen molar-refractivity contribution in [1.82, 2.24) is 19.5 Å². The number of benzene rings is 4. The van der Waals surface area contributed by atoms with E-state index < -0.39 is 5.97 Å². The summed E-state index contributed by atoms with van der Waals surface area (Å²) in [6.45, 7) is 0. The van der Waals surface area contributed by atoms with Crippen LogP contribution >= 0.6 is 0 Å². The van der Waals surface area contributed by atoms with Crippen molar-refractivity contribution in [2.75, 3.05) is 7.11 Å². The van der Waals surface area contributed by atoms with Crippen LogP contribution in [-0.2, 0) is 0 Å². The van der Waals surface area contributed by atoms with Crippen LogP contribution in [0.4, 0.5) is 0 Å². The zero-order valence-electron chi connectivity index (χ0n) is 29.5. The van der Waals surface area contributed by atoms with E-state index in [0.29, 0.717) is 17.0 Å². The van der Waals surface area contributed by atoms with Crippen molar-refractivity contribution in [3.05, 3.63) is 108 Å². The van der Waals surface area contributed by atoms with Crippen LogP contribution in [0.15, 0.2) is 97.2 Å². The van der Waals surface area contributed by atoms with E-state index >= 15 is 0 Å². The van der Waals surface area contributed by atoms with E-state index in [9.17, 15) is 9.90 Å². The van der Waals surface area contributed by atoms with Gasteiger partial charge in [0.05, 0.1) is 40.4 Å². The predicted molar refractivity (Wildman–Crippen MR) is 208 cm³/mol. The minimum atomic E-state index is -0.966. The number of hydrogen-bond donors (Lipinski definition) is 1. The highest BCUT2D eigenvalue weighted by Gasteiger charge is 2.27. The van der Waals surface area contributed by atoms with Gasteiger partial charge >= 0.3 is 5.97 Å². The average molecular weight is 687 g/mol. The molecule has 1 N–H and O–H groups in total. The Kier molecular flexibility index (Phi) is 8.42. The molecule has 0 amide bonds. The fourth-order valence-corrected chi connectivity index (χ4v) is 8.84. The Hall–Kier alpha value is -5.56. The van der Waals surface area contributed by atoms with Gasteiger partial charge in [-0.05, 0) is 109 Å². The number of imidazole rings is 1. The van der Waals surface area contributed by atoms with Gasteiger partial charge < -0.3 is 14.4 Å². The van der Waals surface area contributed by atoms with E-state index in [1.54, 1.807) is 19.4 Å². The number of aromatic nitrogens is 4. The van der Waals surface area contributed by atoms with Crippen LogP contribution in [0.3, 0.4) is 0 Å². The highest BCUT2D eigenvalue weighted by atomic mass is 16.5. The second kappa shape index (κ2) is 13.5. The van der Waals surface area contributed by atoms with E-state index in [1.165, 1.54) is 56.9 Å². The molecule has 0 radical (unpaired) electrons. The molecule has 0 bridgehead atoms. The summed E-state index contributed by atoms with van der Waals surface area (Å²) in [7, 11) is 1.72. The number of fused-ring (bicyclic) bond motifs is 3. The van der Waals surface area contributed by atoms with E-state index in [0.717, 1.165) is 74.1 Å². The first-order valence-electron chi connectivity index (χ1n) is 18.8. The smallest absolute Gasteiger partial charge is 0.336 e. The second-order valence-corrected chi connectivity index (χ2v) is 14.6. The first-order chi connectivity index (χ1) is 25.6. The lowest BCUT2D eigenvalue weighted by Crippen LogP contribution is -2.14. The quantitative estimate of drug-likeness (QED) is 0.179. The molecule has 0 unspecified atom stereocenters. The Morgan fingerprint density at radius 2 is 1.50 bits per heavy atom. The number of aromatic carboxylic acids is 1. The van der Waals surface area contributed by atoms with Gasteiger partial charge in [0.1, 0.15) is 11.6 Å². The van der Waals surface area contributed by atoms with Crippen LogP contribution in [0.5, 0.6) is 5.75 Å². The largest absolute Gasteiger partial charge is 0.497 e. The van der Waals surface area contributed by atoms with Crippen molar-refractivity contribution >= 4 is 38.8 Å². The third-order valence-electron chi connectivity index (χ3n) is 11.5. The highest BCUT2D eigenvalue weighted by molar-refractivity contribution is 6.07. The molecule has 3 aromatic heterocycles. The molecule has 0 aliphatic heterocycles. The van der Waals surface area contributed by atoms with Crippen LogP contribution in [0.25, 0.3) is 66.6 Å². The molecule has 3 heterocycles. The Bertz CT molecular complexity index is 2470. The van der Waals surface area contributed by atoms with E-state index in [-0.39, 0.29) is 11.6 Å². The number of nitrogens with zero attached hydrogens (tertiary/aromatic N) is 4. The molecule has 7 heteroatoms. The van der Waals surface area contributed by atoms with Crippen molar-refractivity contribution in [2.45, 2.75) is 76.2 Å². The fourth-order valence-electron chi connectivity index (χ4n) is 8.84. The third-order valence-corrected chi connectivity index (χ3v) is 11.5. The topological polar surface area (TPSA) is 90.1 Å². The molecular weight excluding hydrogens is 645 g/mol. The number of carboxylic acids is 1. The van der Waals surface area contributed by atoms with Gasteiger partial charge in [-0.2, -0.15) is 0 Å². The Labute approximate surface area is 303 Å². The van der Waals surface area contributed by atoms with Crippen LogP contribution in [0.2, 0.25) is 0 Å². The first-order valence-corrected chi connectivity index (χ1v) is 18.8. The molecular formula is C45H42N4O3. The van der Waals surface area contributed by atoms with Gasteiger partial charge in [-0.3, -0.25) is 4.98 Å². The van der Waals surface area contributed by atoms with Gasteiger partial charge in [0.15, 0.2) is 0 Å². The summed E-state index contributed by atoms with van der Waals surface area (Å²) in [4.78, 5) is 27.8. The maximum Gasteiger partial charge on any atom is 0.336 e. The van der Waals surface area contributed by atoms with Crippen molar-refractivity contribution in [1.29, 1.82) is 0 Å². The zero-order valence-corrected chi connectivity index (χ0v) is 29.5. The summed E-state index contributed by atoms with van der Waals surface area (Å²) in [5, 5.41) is 12.4. The van der Waals surface area contributed by atoms with E-state index in [1.807, 2.05) is 36.4 Å². The summed E-state index contributed by atoms with van der Waals surface area (Å²) in [6, 6.07) is 31.1. The lowest BCUT2D eigenvalue weighted by molar-refractivity contribution is 0.0698. The number of methoxy groups -OCH3 is 1. The first kappa shape index (κ1) is 32.4. The number of hydrogen-bond acceptors (Lipinski definition) is 5. The molecule has 0 saturated heterocycles. The molecule has 0 spiro atoms. The van der Waals surface area contributed by atoms with E-state index in [4.69, 9.17) is 14.7 Å². The van der Waals surface area contributed by atoms with Gasteiger partial charge in [-0.25, -0.2) is 14.8 Å². The summed E-state index contributed by atoms with van der Waals surface area (Å²) in [5.41, 5.74) is 9.67. The minimum absolute atomic E-state index is 0.246. The second-order valence-electron chi connectivity index (χ2n) is 14.6. The summed E-state index contributed by atoms with van der Waals surface area (Å²) < 4.78 is 8.05. The lowest BCUT2D eigenvalue weighted by atomic mass is 9.81. The number of pyridine rings is 2. The van der Waals surface area contributed by atoms with Crippen LogP contribution in [0, 0.1) is 0 Å². The molecule has 2 saturated carbocycles. The standard InChI is InChI=1S/C45H42N4O3/c1-52-34-17-18-35(28-9-4-2-5-10-28)37(27-34)40-22-14-30-26-32(16-21-39(30)47-40)44-48-43-41(49(44)33-12-6-3-7-13-33)23-19-36(45(50)51)42(43)31-15-20-38-29(25-31)11-8-24-46-38/h8,11,14-28,33H,2-7,9-10,12-13H2,1H3,(H,50,51). The molecule has 52 heavy (non-hydrogen) atoms. The summed E-state index contributed by atoms with van der Waals surface area (Å²) >= 11 is 0. The summed E-state index contributed by atoms with van der Waals surface area (Å²) in [5.74, 6) is 1.29. The molecule has 0 atom stereocenters. The average Bonchev–Trinajstić information content (AvgIpc) is 3.60. The maximum absolute atomic E-state index is 12.7. The minimum Gasteiger partial charge on any atom is -0.497 e. The molecule has 7 nitrogen and oxygen atoms in total. The molecule has 2 aliphatic carbocycles. The lowest BCUT2D eigenvalue weighted by Gasteiger charge is -2.26. The molecule has 7 aromatic rings. The van der Waals surface area contributed by atoms with E-state index in [2.05, 4.69) is 58.1 Å². The number of carboxylic acid groups (broad SMARTS) is 1. The molecule has 2 fully saturated rings. The number of rotatable bonds is 7. The van der Waals surface area contributed by atoms with Crippen molar-refractivity contribution in [2.24, 2.45) is 0 Å². The maximum atomic E-state index is 12.7. The number of ether oxygens (including phenoxy) is 1. The molecule has 260 valence electrons. The van der Waals surface area contributed by atoms with Gasteiger partial charge in [-0.1, -0.05) is 62.8 Å². The fraction of sp³-hybridized carbons (Fsp3) is 0.289. The molecule has 2 aliphatic rings. The van der Waals surface area contributed by atoms with Gasteiger partial charge in [0.2, 0.25) is 0 Å². The zero-order chi connectivity index (χ0) is 35.2. The predicted octanol–water partition coefficient (Wildman–Crippen LogP) is 11.4. The van der Waals surface area contributed by atoms with Crippen molar-refractivity contribution in [3.8, 4) is 39.5 Å². The van der Waals surface area contributed by atoms with Crippen LogP contribution in [0.1, 0.15) is 92.1 Å². The monoisotopic (exact) mass is 686 g/mol. The molecule has 9 rings (SSSR count). The highest BCUT2D eigenvalue weighted by Crippen LogP contribution is 2.42. The Morgan fingerprint density at radius 3 is 2.31 bits per heavy atom. The third kappa shape index (κ3) is 5.78.